The summed E-state index contributed by atoms with van der Waals surface area (Å²) in [7, 11) is -3.62. The second-order valence-electron chi connectivity index (χ2n) is 3.66. The average molecular weight is 257 g/mol. The van der Waals surface area contributed by atoms with E-state index in [2.05, 4.69) is 0 Å². The molecule has 0 amide bonds. The lowest BCUT2D eigenvalue weighted by molar-refractivity contribution is -0.138. The molecule has 0 aromatic heterocycles. The summed E-state index contributed by atoms with van der Waals surface area (Å²) in [6, 6.07) is 7.15. The van der Waals surface area contributed by atoms with Gasteiger partial charge in [0.05, 0.1) is 11.9 Å². The molecule has 0 aliphatic carbocycles. The van der Waals surface area contributed by atoms with Gasteiger partial charge in [0.15, 0.2) is 0 Å². The number of benzene rings is 1. The molecule has 0 aliphatic heterocycles. The summed E-state index contributed by atoms with van der Waals surface area (Å²) in [5, 5.41) is 9.06. The Hall–Kier alpha value is -1.56. The quantitative estimate of drug-likeness (QED) is 0.863. The van der Waals surface area contributed by atoms with Crippen molar-refractivity contribution in [2.45, 2.75) is 19.4 Å². The second-order valence-corrected chi connectivity index (χ2v) is 5.52. The standard InChI is InChI=1S/C11H15NO4S/c1-3-10(11(13)14)12(17(2,15)16)9-7-5-4-6-8-9/h4-8,10H,3H2,1-2H3,(H,13,14)/t10-/m0/s1. The maximum atomic E-state index is 11.7. The third kappa shape index (κ3) is 3.20. The van der Waals surface area contributed by atoms with Gasteiger partial charge in [-0.25, -0.2) is 13.2 Å². The van der Waals surface area contributed by atoms with Crippen molar-refractivity contribution in [1.29, 1.82) is 0 Å². The van der Waals surface area contributed by atoms with Crippen LogP contribution in [0.15, 0.2) is 30.3 Å². The molecule has 0 radical (unpaired) electrons. The van der Waals surface area contributed by atoms with E-state index in [0.717, 1.165) is 10.6 Å². The molecule has 1 N–H and O–H groups in total. The highest BCUT2D eigenvalue weighted by atomic mass is 32.2. The molecule has 0 unspecified atom stereocenters. The number of hydrogen-bond donors (Lipinski definition) is 1. The highest BCUT2D eigenvalue weighted by molar-refractivity contribution is 7.92. The fraction of sp³-hybridized carbons (Fsp3) is 0.364. The van der Waals surface area contributed by atoms with E-state index in [0.29, 0.717) is 5.69 Å². The van der Waals surface area contributed by atoms with Crippen molar-refractivity contribution in [1.82, 2.24) is 0 Å². The van der Waals surface area contributed by atoms with Crippen LogP contribution < -0.4 is 4.31 Å². The van der Waals surface area contributed by atoms with Crippen LogP contribution in [0, 0.1) is 0 Å². The number of carbonyl (C=O) groups is 1. The van der Waals surface area contributed by atoms with Gasteiger partial charge in [0.25, 0.3) is 0 Å². The molecule has 0 fully saturated rings. The zero-order chi connectivity index (χ0) is 13.1. The van der Waals surface area contributed by atoms with Crippen molar-refractivity contribution in [3.05, 3.63) is 30.3 Å². The SMILES string of the molecule is CC[C@@H](C(=O)O)N(c1ccccc1)S(C)(=O)=O. The summed E-state index contributed by atoms with van der Waals surface area (Å²) in [5.74, 6) is -1.15. The second kappa shape index (κ2) is 5.18. The van der Waals surface area contributed by atoms with E-state index >= 15 is 0 Å². The Bertz CT molecular complexity index is 483. The zero-order valence-corrected chi connectivity index (χ0v) is 10.5. The molecule has 0 heterocycles. The van der Waals surface area contributed by atoms with E-state index in [9.17, 15) is 13.2 Å². The van der Waals surface area contributed by atoms with Crippen LogP contribution >= 0.6 is 0 Å². The molecular formula is C11H15NO4S. The summed E-state index contributed by atoms with van der Waals surface area (Å²) >= 11 is 0. The van der Waals surface area contributed by atoms with E-state index in [4.69, 9.17) is 5.11 Å². The molecule has 0 bridgehead atoms. The number of aliphatic carboxylic acids is 1. The van der Waals surface area contributed by atoms with Gasteiger partial charge in [-0.3, -0.25) is 4.31 Å². The fourth-order valence-corrected chi connectivity index (χ4v) is 2.82. The fourth-order valence-electron chi connectivity index (χ4n) is 1.62. The number of hydrogen-bond acceptors (Lipinski definition) is 3. The third-order valence-electron chi connectivity index (χ3n) is 2.32. The van der Waals surface area contributed by atoms with Crippen LogP contribution in [0.1, 0.15) is 13.3 Å². The molecule has 17 heavy (non-hydrogen) atoms. The average Bonchev–Trinajstić information content (AvgIpc) is 2.24. The number of sulfonamides is 1. The minimum absolute atomic E-state index is 0.206. The molecule has 1 aromatic carbocycles. The van der Waals surface area contributed by atoms with Crippen LogP contribution in [0.25, 0.3) is 0 Å². The first-order chi connectivity index (χ1) is 7.88. The van der Waals surface area contributed by atoms with Gasteiger partial charge in [0.1, 0.15) is 6.04 Å². The van der Waals surface area contributed by atoms with E-state index in [1.54, 1.807) is 37.3 Å². The van der Waals surface area contributed by atoms with Crippen LogP contribution in [0.2, 0.25) is 0 Å². The Morgan fingerprint density at radius 2 is 1.88 bits per heavy atom. The summed E-state index contributed by atoms with van der Waals surface area (Å²) in [5.41, 5.74) is 0.365. The molecule has 6 heteroatoms. The Morgan fingerprint density at radius 1 is 1.35 bits per heavy atom. The van der Waals surface area contributed by atoms with Crippen LogP contribution in [0.5, 0.6) is 0 Å². The molecule has 0 spiro atoms. The molecule has 0 aliphatic rings. The van der Waals surface area contributed by atoms with Crippen LogP contribution in [0.3, 0.4) is 0 Å². The van der Waals surface area contributed by atoms with Crippen LogP contribution in [0.4, 0.5) is 5.69 Å². The van der Waals surface area contributed by atoms with E-state index in [-0.39, 0.29) is 6.42 Å². The van der Waals surface area contributed by atoms with Crippen LogP contribution in [-0.2, 0) is 14.8 Å². The maximum absolute atomic E-state index is 11.7. The van der Waals surface area contributed by atoms with E-state index in [1.807, 2.05) is 0 Å². The first kappa shape index (κ1) is 13.5. The topological polar surface area (TPSA) is 74.7 Å². The van der Waals surface area contributed by atoms with Crippen LogP contribution in [-0.4, -0.2) is 31.8 Å². The van der Waals surface area contributed by atoms with E-state index in [1.165, 1.54) is 0 Å². The number of carboxylic acid groups (broad SMARTS) is 1. The lowest BCUT2D eigenvalue weighted by Gasteiger charge is -2.27. The van der Waals surface area contributed by atoms with Gasteiger partial charge in [0, 0.05) is 0 Å². The Labute approximate surface area is 101 Å². The lowest BCUT2D eigenvalue weighted by atomic mass is 10.2. The summed E-state index contributed by atoms with van der Waals surface area (Å²) in [6.07, 6.45) is 1.21. The van der Waals surface area contributed by atoms with Crippen molar-refractivity contribution in [3.8, 4) is 0 Å². The maximum Gasteiger partial charge on any atom is 0.327 e. The van der Waals surface area contributed by atoms with Gasteiger partial charge in [0.2, 0.25) is 10.0 Å². The molecule has 5 nitrogen and oxygen atoms in total. The van der Waals surface area contributed by atoms with Crippen molar-refractivity contribution >= 4 is 21.7 Å². The van der Waals surface area contributed by atoms with Gasteiger partial charge in [-0.05, 0) is 18.6 Å². The van der Waals surface area contributed by atoms with Gasteiger partial charge in [-0.2, -0.15) is 0 Å². The minimum atomic E-state index is -3.62. The van der Waals surface area contributed by atoms with Crippen molar-refractivity contribution in [3.63, 3.8) is 0 Å². The molecule has 1 aromatic rings. The Balaban J connectivity index is 3.28. The zero-order valence-electron chi connectivity index (χ0n) is 9.70. The molecule has 94 valence electrons. The van der Waals surface area contributed by atoms with Crippen molar-refractivity contribution in [2.75, 3.05) is 10.6 Å². The predicted octanol–water partition coefficient (Wildman–Crippen LogP) is 1.32. The number of para-hydroxylation sites is 1. The normalized spacial score (nSPS) is 13.1. The van der Waals surface area contributed by atoms with Crippen molar-refractivity contribution < 1.29 is 18.3 Å². The number of rotatable bonds is 5. The third-order valence-corrected chi connectivity index (χ3v) is 3.50. The largest absolute Gasteiger partial charge is 0.480 e. The van der Waals surface area contributed by atoms with Gasteiger partial charge >= 0.3 is 5.97 Å². The first-order valence-corrected chi connectivity index (χ1v) is 7.00. The monoisotopic (exact) mass is 257 g/mol. The molecule has 0 saturated heterocycles. The van der Waals surface area contributed by atoms with Gasteiger partial charge in [-0.1, -0.05) is 25.1 Å². The summed E-state index contributed by atoms with van der Waals surface area (Å²) in [6.45, 7) is 1.64. The van der Waals surface area contributed by atoms with Crippen molar-refractivity contribution in [2.24, 2.45) is 0 Å². The van der Waals surface area contributed by atoms with Gasteiger partial charge in [-0.15, -0.1) is 0 Å². The Kier molecular flexibility index (Phi) is 4.11. The first-order valence-electron chi connectivity index (χ1n) is 5.15. The lowest BCUT2D eigenvalue weighted by Crippen LogP contribution is -2.44. The summed E-state index contributed by atoms with van der Waals surface area (Å²) < 4.78 is 24.3. The highest BCUT2D eigenvalue weighted by Crippen LogP contribution is 2.21. The molecule has 1 atom stereocenters. The number of nitrogens with zero attached hydrogens (tertiary/aromatic N) is 1. The predicted molar refractivity (Wildman–Crippen MR) is 65.5 cm³/mol. The smallest absolute Gasteiger partial charge is 0.327 e. The Morgan fingerprint density at radius 3 is 2.24 bits per heavy atom. The highest BCUT2D eigenvalue weighted by Gasteiger charge is 2.30. The minimum Gasteiger partial charge on any atom is -0.480 e. The van der Waals surface area contributed by atoms with E-state index < -0.39 is 22.0 Å². The number of anilines is 1. The molecule has 0 saturated carbocycles. The van der Waals surface area contributed by atoms with Gasteiger partial charge < -0.3 is 5.11 Å². The molecule has 1 rings (SSSR count). The number of carboxylic acids is 1. The molecular weight excluding hydrogens is 242 g/mol. The summed E-state index contributed by atoms with van der Waals surface area (Å²) in [4.78, 5) is 11.1.